The molecule has 0 N–H and O–H groups in total. The normalized spacial score (nSPS) is 12.3. The minimum atomic E-state index is -0.484. The van der Waals surface area contributed by atoms with Gasteiger partial charge in [0.1, 0.15) is 6.10 Å². The summed E-state index contributed by atoms with van der Waals surface area (Å²) in [5.41, 5.74) is 0. The van der Waals surface area contributed by atoms with Gasteiger partial charge in [-0.05, 0) is 19.3 Å². The molecule has 0 radical (unpaired) electrons. The third-order valence-corrected chi connectivity index (χ3v) is 2.95. The molecule has 4 heteroatoms. The topological polar surface area (TPSA) is 52.6 Å². The quantitative estimate of drug-likeness (QED) is 0.329. The zero-order valence-electron chi connectivity index (χ0n) is 13.0. The smallest absolute Gasteiger partial charge is 0.331 e. The number of hydrogen-bond acceptors (Lipinski definition) is 4. The molecule has 0 fully saturated rings. The van der Waals surface area contributed by atoms with Crippen LogP contribution in [-0.4, -0.2) is 24.6 Å². The molecule has 0 saturated heterocycles. The summed E-state index contributed by atoms with van der Waals surface area (Å²) in [5, 5.41) is 0. The van der Waals surface area contributed by atoms with Crippen LogP contribution in [0.25, 0.3) is 0 Å². The van der Waals surface area contributed by atoms with Crippen molar-refractivity contribution >= 4 is 11.9 Å². The summed E-state index contributed by atoms with van der Waals surface area (Å²) in [6.07, 6.45) is 9.04. The fourth-order valence-corrected chi connectivity index (χ4v) is 1.76. The van der Waals surface area contributed by atoms with Gasteiger partial charge in [-0.15, -0.1) is 0 Å². The highest BCUT2D eigenvalue weighted by Crippen LogP contribution is 2.06. The predicted molar refractivity (Wildman–Crippen MR) is 79.3 cm³/mol. The molecular weight excluding hydrogens is 256 g/mol. The third kappa shape index (κ3) is 10.6. The first-order valence-electron chi connectivity index (χ1n) is 7.69. The van der Waals surface area contributed by atoms with Crippen molar-refractivity contribution in [1.82, 2.24) is 0 Å². The Bertz CT molecular complexity index is 297. The molecule has 0 bridgehead atoms. The average molecular weight is 284 g/mol. The monoisotopic (exact) mass is 284 g/mol. The molecule has 0 spiro atoms. The molecule has 0 aliphatic heterocycles. The molecule has 1 atom stereocenters. The van der Waals surface area contributed by atoms with Crippen molar-refractivity contribution in [3.63, 3.8) is 0 Å². The van der Waals surface area contributed by atoms with Crippen molar-refractivity contribution in [2.75, 3.05) is 6.61 Å². The molecule has 20 heavy (non-hydrogen) atoms. The van der Waals surface area contributed by atoms with E-state index in [4.69, 9.17) is 9.47 Å². The average Bonchev–Trinajstić information content (AvgIpc) is 2.44. The molecule has 116 valence electrons. The number of unbranched alkanes of at least 4 members (excludes halogenated alkanes) is 3. The molecule has 0 aromatic carbocycles. The van der Waals surface area contributed by atoms with Crippen LogP contribution in [0.2, 0.25) is 0 Å². The summed E-state index contributed by atoms with van der Waals surface area (Å²) in [6.45, 7) is 6.55. The first kappa shape index (κ1) is 18.7. The van der Waals surface area contributed by atoms with E-state index >= 15 is 0 Å². The highest BCUT2D eigenvalue weighted by atomic mass is 16.5. The van der Waals surface area contributed by atoms with E-state index in [1.165, 1.54) is 0 Å². The number of carbonyl (C=O) groups is 2. The van der Waals surface area contributed by atoms with Crippen LogP contribution in [0.4, 0.5) is 0 Å². The van der Waals surface area contributed by atoms with E-state index in [-0.39, 0.29) is 6.10 Å². The summed E-state index contributed by atoms with van der Waals surface area (Å²) in [7, 11) is 0. The van der Waals surface area contributed by atoms with Crippen molar-refractivity contribution in [3.8, 4) is 0 Å². The number of hydrogen-bond donors (Lipinski definition) is 0. The Balaban J connectivity index is 3.84. The highest BCUT2D eigenvalue weighted by Gasteiger charge is 2.09. The molecule has 0 saturated carbocycles. The van der Waals surface area contributed by atoms with Gasteiger partial charge in [0.2, 0.25) is 0 Å². The maximum atomic E-state index is 11.5. The van der Waals surface area contributed by atoms with Crippen LogP contribution >= 0.6 is 0 Å². The molecule has 0 rings (SSSR count). The molecular formula is C16H28O4. The second-order valence-corrected chi connectivity index (χ2v) is 4.82. The first-order valence-corrected chi connectivity index (χ1v) is 7.69. The minimum absolute atomic E-state index is 0.0674. The lowest BCUT2D eigenvalue weighted by molar-refractivity contribution is -0.144. The molecule has 1 unspecified atom stereocenters. The van der Waals surface area contributed by atoms with Crippen LogP contribution in [0.3, 0.4) is 0 Å². The van der Waals surface area contributed by atoms with Crippen molar-refractivity contribution in [3.05, 3.63) is 12.2 Å². The Morgan fingerprint density at radius 1 is 0.950 bits per heavy atom. The number of ether oxygens (including phenoxy) is 2. The summed E-state index contributed by atoms with van der Waals surface area (Å²) in [6, 6.07) is 0. The van der Waals surface area contributed by atoms with E-state index in [1.807, 2.05) is 13.8 Å². The van der Waals surface area contributed by atoms with Gasteiger partial charge >= 0.3 is 11.9 Å². The zero-order chi connectivity index (χ0) is 15.2. The van der Waals surface area contributed by atoms with Crippen LogP contribution < -0.4 is 0 Å². The van der Waals surface area contributed by atoms with Crippen molar-refractivity contribution < 1.29 is 19.1 Å². The van der Waals surface area contributed by atoms with Crippen LogP contribution in [0.15, 0.2) is 12.2 Å². The lowest BCUT2D eigenvalue weighted by atomic mass is 10.2. The Labute approximate surface area is 122 Å². The Hall–Kier alpha value is -1.32. The van der Waals surface area contributed by atoms with Gasteiger partial charge in [0.15, 0.2) is 0 Å². The van der Waals surface area contributed by atoms with E-state index in [0.29, 0.717) is 6.61 Å². The van der Waals surface area contributed by atoms with Gasteiger partial charge in [0.05, 0.1) is 6.61 Å². The van der Waals surface area contributed by atoms with Gasteiger partial charge in [0, 0.05) is 12.2 Å². The SMILES string of the molecule is CCCCCCOC(=O)/C=C/C(=O)OC(CC)CCC. The summed E-state index contributed by atoms with van der Waals surface area (Å²) in [4.78, 5) is 22.8. The lowest BCUT2D eigenvalue weighted by Crippen LogP contribution is -2.16. The molecule has 0 aromatic rings. The van der Waals surface area contributed by atoms with Gasteiger partial charge in [-0.25, -0.2) is 9.59 Å². The van der Waals surface area contributed by atoms with Crippen LogP contribution in [0, 0.1) is 0 Å². The Morgan fingerprint density at radius 2 is 1.65 bits per heavy atom. The Morgan fingerprint density at radius 3 is 2.25 bits per heavy atom. The van der Waals surface area contributed by atoms with Gasteiger partial charge in [-0.3, -0.25) is 0 Å². The Kier molecular flexibility index (Phi) is 11.9. The maximum Gasteiger partial charge on any atom is 0.331 e. The number of carbonyl (C=O) groups excluding carboxylic acids is 2. The standard InChI is InChI=1S/C16H28O4/c1-4-7-8-9-13-19-15(17)11-12-16(18)20-14(6-3)10-5-2/h11-12,14H,4-10,13H2,1-3H3/b12-11+. The van der Waals surface area contributed by atoms with Gasteiger partial charge < -0.3 is 9.47 Å². The fraction of sp³-hybridized carbons (Fsp3) is 0.750. The molecule has 0 amide bonds. The second-order valence-electron chi connectivity index (χ2n) is 4.82. The summed E-state index contributed by atoms with van der Waals surface area (Å²) >= 11 is 0. The highest BCUT2D eigenvalue weighted by molar-refractivity contribution is 5.91. The minimum Gasteiger partial charge on any atom is -0.463 e. The summed E-state index contributed by atoms with van der Waals surface area (Å²) in [5.74, 6) is -0.963. The molecule has 0 aromatic heterocycles. The fourth-order valence-electron chi connectivity index (χ4n) is 1.76. The van der Waals surface area contributed by atoms with E-state index in [0.717, 1.165) is 57.1 Å². The van der Waals surface area contributed by atoms with Crippen molar-refractivity contribution in [2.45, 2.75) is 71.8 Å². The van der Waals surface area contributed by atoms with Crippen LogP contribution in [0.1, 0.15) is 65.7 Å². The molecule has 0 heterocycles. The van der Waals surface area contributed by atoms with Gasteiger partial charge in [-0.1, -0.05) is 46.5 Å². The van der Waals surface area contributed by atoms with Crippen LogP contribution in [0.5, 0.6) is 0 Å². The van der Waals surface area contributed by atoms with Crippen molar-refractivity contribution in [1.29, 1.82) is 0 Å². The van der Waals surface area contributed by atoms with E-state index in [2.05, 4.69) is 6.92 Å². The second kappa shape index (κ2) is 12.7. The molecule has 4 nitrogen and oxygen atoms in total. The molecule has 0 aliphatic carbocycles. The van der Waals surface area contributed by atoms with Gasteiger partial charge in [-0.2, -0.15) is 0 Å². The predicted octanol–water partition coefficient (Wildman–Crippen LogP) is 3.79. The lowest BCUT2D eigenvalue weighted by Gasteiger charge is -2.13. The van der Waals surface area contributed by atoms with Crippen LogP contribution in [-0.2, 0) is 19.1 Å². The van der Waals surface area contributed by atoms with Crippen molar-refractivity contribution in [2.24, 2.45) is 0 Å². The largest absolute Gasteiger partial charge is 0.463 e. The van der Waals surface area contributed by atoms with E-state index in [9.17, 15) is 9.59 Å². The number of rotatable bonds is 11. The van der Waals surface area contributed by atoms with Gasteiger partial charge in [0.25, 0.3) is 0 Å². The number of esters is 2. The molecule has 0 aliphatic rings. The van der Waals surface area contributed by atoms with E-state index in [1.54, 1.807) is 0 Å². The first-order chi connectivity index (χ1) is 9.63. The third-order valence-electron chi connectivity index (χ3n) is 2.95. The zero-order valence-corrected chi connectivity index (χ0v) is 13.0. The maximum absolute atomic E-state index is 11.5. The van der Waals surface area contributed by atoms with E-state index < -0.39 is 11.9 Å². The summed E-state index contributed by atoms with van der Waals surface area (Å²) < 4.78 is 10.2.